The van der Waals surface area contributed by atoms with Crippen molar-refractivity contribution in [3.63, 3.8) is 0 Å². The third-order valence-electron chi connectivity index (χ3n) is 3.12. The van der Waals surface area contributed by atoms with Gasteiger partial charge < -0.3 is 10.5 Å². The van der Waals surface area contributed by atoms with Crippen molar-refractivity contribution in [3.05, 3.63) is 35.4 Å². The highest BCUT2D eigenvalue weighted by atomic mass is 16.5. The number of methoxy groups -OCH3 is 1. The molecule has 1 atom stereocenters. The first-order valence-electron chi connectivity index (χ1n) is 5.32. The molecule has 1 unspecified atom stereocenters. The van der Waals surface area contributed by atoms with Gasteiger partial charge in [0, 0.05) is 13.2 Å². The molecule has 15 heavy (non-hydrogen) atoms. The molecular weight excluding hydrogens is 186 g/mol. The van der Waals surface area contributed by atoms with Crippen LogP contribution in [0.4, 0.5) is 0 Å². The first-order chi connectivity index (χ1) is 6.97. The number of aryl methyl sites for hydroxylation is 1. The van der Waals surface area contributed by atoms with E-state index in [1.165, 1.54) is 11.1 Å². The van der Waals surface area contributed by atoms with Crippen LogP contribution < -0.4 is 5.73 Å². The van der Waals surface area contributed by atoms with Gasteiger partial charge in [0.2, 0.25) is 0 Å². The molecule has 0 bridgehead atoms. The molecule has 1 aromatic rings. The fraction of sp³-hybridized carbons (Fsp3) is 0.538. The molecule has 1 aromatic carbocycles. The van der Waals surface area contributed by atoms with Gasteiger partial charge in [0.05, 0.1) is 5.60 Å². The summed E-state index contributed by atoms with van der Waals surface area (Å²) < 4.78 is 5.39. The number of ether oxygens (including phenoxy) is 1. The first-order valence-corrected chi connectivity index (χ1v) is 5.32. The zero-order chi connectivity index (χ0) is 11.5. The Morgan fingerprint density at radius 1 is 1.33 bits per heavy atom. The van der Waals surface area contributed by atoms with Crippen LogP contribution in [0.25, 0.3) is 0 Å². The van der Waals surface area contributed by atoms with Crippen LogP contribution in [0.2, 0.25) is 0 Å². The molecule has 2 heteroatoms. The Morgan fingerprint density at radius 3 is 2.47 bits per heavy atom. The molecule has 0 heterocycles. The van der Waals surface area contributed by atoms with Crippen LogP contribution in [-0.2, 0) is 11.2 Å². The minimum absolute atomic E-state index is 0.0172. The number of hydrogen-bond acceptors (Lipinski definition) is 2. The van der Waals surface area contributed by atoms with Crippen molar-refractivity contribution in [1.82, 2.24) is 0 Å². The van der Waals surface area contributed by atoms with E-state index in [-0.39, 0.29) is 11.6 Å². The molecule has 0 amide bonds. The second-order valence-electron chi connectivity index (χ2n) is 4.54. The molecule has 2 nitrogen and oxygen atoms in total. The molecule has 0 saturated heterocycles. The minimum Gasteiger partial charge on any atom is -0.377 e. The molecular formula is C13H21NO. The fourth-order valence-electron chi connectivity index (χ4n) is 1.47. The summed E-state index contributed by atoms with van der Waals surface area (Å²) >= 11 is 0. The van der Waals surface area contributed by atoms with Gasteiger partial charge in [-0.3, -0.25) is 0 Å². The van der Waals surface area contributed by atoms with Crippen LogP contribution in [0.5, 0.6) is 0 Å². The summed E-state index contributed by atoms with van der Waals surface area (Å²) in [6, 6.07) is 8.35. The Balaban J connectivity index is 2.75. The monoisotopic (exact) mass is 207 g/mol. The molecule has 84 valence electrons. The van der Waals surface area contributed by atoms with Crippen molar-refractivity contribution < 1.29 is 4.74 Å². The van der Waals surface area contributed by atoms with E-state index in [1.54, 1.807) is 7.11 Å². The smallest absolute Gasteiger partial charge is 0.0776 e. The van der Waals surface area contributed by atoms with Crippen LogP contribution >= 0.6 is 0 Å². The van der Waals surface area contributed by atoms with Gasteiger partial charge in [-0.1, -0.05) is 24.3 Å². The van der Waals surface area contributed by atoms with Crippen molar-refractivity contribution in [2.24, 2.45) is 5.73 Å². The summed E-state index contributed by atoms with van der Waals surface area (Å²) in [5.41, 5.74) is 8.45. The van der Waals surface area contributed by atoms with Crippen molar-refractivity contribution in [2.45, 2.75) is 38.8 Å². The lowest BCUT2D eigenvalue weighted by molar-refractivity contribution is 0.000778. The van der Waals surface area contributed by atoms with E-state index < -0.39 is 0 Å². The number of hydrogen-bond donors (Lipinski definition) is 1. The van der Waals surface area contributed by atoms with Crippen LogP contribution in [0, 0.1) is 6.92 Å². The quantitative estimate of drug-likeness (QED) is 0.822. The molecule has 0 saturated carbocycles. The van der Waals surface area contributed by atoms with Gasteiger partial charge >= 0.3 is 0 Å². The van der Waals surface area contributed by atoms with E-state index in [4.69, 9.17) is 10.5 Å². The van der Waals surface area contributed by atoms with E-state index in [2.05, 4.69) is 25.1 Å². The first kappa shape index (κ1) is 12.2. The Morgan fingerprint density at radius 2 is 1.93 bits per heavy atom. The molecule has 2 N–H and O–H groups in total. The van der Waals surface area contributed by atoms with Crippen molar-refractivity contribution in [3.8, 4) is 0 Å². The summed E-state index contributed by atoms with van der Waals surface area (Å²) in [6.07, 6.45) is 0.855. The number of nitrogens with two attached hydrogens (primary N) is 1. The molecule has 0 aliphatic heterocycles. The van der Waals surface area contributed by atoms with Gasteiger partial charge in [-0.25, -0.2) is 0 Å². The lowest BCUT2D eigenvalue weighted by atomic mass is 9.91. The Bertz CT molecular complexity index is 320. The maximum Gasteiger partial charge on any atom is 0.0776 e. The standard InChI is InChI=1S/C13H21NO/c1-10-7-5-6-8-11(10)9-12(14)13(2,3)15-4/h5-8,12H,9,14H2,1-4H3. The number of benzene rings is 1. The van der Waals surface area contributed by atoms with E-state index >= 15 is 0 Å². The molecule has 0 aliphatic rings. The molecule has 0 aliphatic carbocycles. The normalized spacial score (nSPS) is 13.9. The topological polar surface area (TPSA) is 35.2 Å². The van der Waals surface area contributed by atoms with Gasteiger partial charge in [0.1, 0.15) is 0 Å². The van der Waals surface area contributed by atoms with Crippen molar-refractivity contribution in [2.75, 3.05) is 7.11 Å². The summed E-state index contributed by atoms with van der Waals surface area (Å²) in [6.45, 7) is 6.16. The largest absolute Gasteiger partial charge is 0.377 e. The molecule has 0 spiro atoms. The predicted molar refractivity (Wildman–Crippen MR) is 63.9 cm³/mol. The lowest BCUT2D eigenvalue weighted by Gasteiger charge is -2.30. The van der Waals surface area contributed by atoms with Crippen molar-refractivity contribution in [1.29, 1.82) is 0 Å². The van der Waals surface area contributed by atoms with Gasteiger partial charge in [-0.05, 0) is 38.3 Å². The van der Waals surface area contributed by atoms with Crippen LogP contribution in [-0.4, -0.2) is 18.8 Å². The second kappa shape index (κ2) is 4.77. The van der Waals surface area contributed by atoms with Gasteiger partial charge in [-0.2, -0.15) is 0 Å². The Kier molecular flexibility index (Phi) is 3.89. The summed E-state index contributed by atoms with van der Waals surface area (Å²) in [5.74, 6) is 0. The van der Waals surface area contributed by atoms with Gasteiger partial charge in [-0.15, -0.1) is 0 Å². The van der Waals surface area contributed by atoms with Crippen LogP contribution in [0.3, 0.4) is 0 Å². The average Bonchev–Trinajstić information content (AvgIpc) is 2.21. The highest BCUT2D eigenvalue weighted by Gasteiger charge is 2.26. The summed E-state index contributed by atoms with van der Waals surface area (Å²) in [7, 11) is 1.71. The van der Waals surface area contributed by atoms with E-state index in [1.807, 2.05) is 19.9 Å². The van der Waals surface area contributed by atoms with Gasteiger partial charge in [0.15, 0.2) is 0 Å². The summed E-state index contributed by atoms with van der Waals surface area (Å²) in [4.78, 5) is 0. The zero-order valence-electron chi connectivity index (χ0n) is 10.1. The highest BCUT2D eigenvalue weighted by molar-refractivity contribution is 5.26. The van der Waals surface area contributed by atoms with E-state index in [0.29, 0.717) is 0 Å². The maximum atomic E-state index is 6.14. The van der Waals surface area contributed by atoms with Gasteiger partial charge in [0.25, 0.3) is 0 Å². The zero-order valence-corrected chi connectivity index (χ0v) is 10.1. The molecule has 1 rings (SSSR count). The second-order valence-corrected chi connectivity index (χ2v) is 4.54. The predicted octanol–water partition coefficient (Wildman–Crippen LogP) is 2.29. The van der Waals surface area contributed by atoms with Crippen LogP contribution in [0.15, 0.2) is 24.3 Å². The van der Waals surface area contributed by atoms with Crippen molar-refractivity contribution >= 4 is 0 Å². The fourth-order valence-corrected chi connectivity index (χ4v) is 1.47. The highest BCUT2D eigenvalue weighted by Crippen LogP contribution is 2.17. The molecule has 0 fully saturated rings. The van der Waals surface area contributed by atoms with E-state index in [9.17, 15) is 0 Å². The Labute approximate surface area is 92.4 Å². The Hall–Kier alpha value is -0.860. The maximum absolute atomic E-state index is 6.14. The lowest BCUT2D eigenvalue weighted by Crippen LogP contribution is -2.46. The van der Waals surface area contributed by atoms with E-state index in [0.717, 1.165) is 6.42 Å². The molecule has 0 aromatic heterocycles. The third-order valence-corrected chi connectivity index (χ3v) is 3.12. The third kappa shape index (κ3) is 3.05. The average molecular weight is 207 g/mol. The minimum atomic E-state index is -0.276. The van der Waals surface area contributed by atoms with Crippen LogP contribution in [0.1, 0.15) is 25.0 Å². The number of rotatable bonds is 4. The molecule has 0 radical (unpaired) electrons. The SMILES string of the molecule is COC(C)(C)C(N)Cc1ccccc1C. The summed E-state index contributed by atoms with van der Waals surface area (Å²) in [5, 5.41) is 0.